The van der Waals surface area contributed by atoms with Crippen molar-refractivity contribution in [2.75, 3.05) is 19.8 Å². The monoisotopic (exact) mass is 555 g/mol. The summed E-state index contributed by atoms with van der Waals surface area (Å²) in [4.78, 5) is 26.3. The first-order valence-electron chi connectivity index (χ1n) is 14.6. The van der Waals surface area contributed by atoms with Gasteiger partial charge in [-0.1, -0.05) is 31.4 Å². The number of Topliss-reactive ketones (excluding diaryl/α,β-unsaturated/α-hetero) is 1. The lowest BCUT2D eigenvalue weighted by atomic mass is 9.75. The van der Waals surface area contributed by atoms with Crippen LogP contribution < -0.4 is 5.32 Å². The van der Waals surface area contributed by atoms with Crippen molar-refractivity contribution in [3.63, 3.8) is 0 Å². The van der Waals surface area contributed by atoms with E-state index in [-0.39, 0.29) is 27.3 Å². The van der Waals surface area contributed by atoms with Crippen LogP contribution in [-0.2, 0) is 34.0 Å². The Morgan fingerprint density at radius 2 is 1.92 bits per heavy atom. The van der Waals surface area contributed by atoms with Crippen molar-refractivity contribution < 1.29 is 22.7 Å². The van der Waals surface area contributed by atoms with Crippen LogP contribution in [0, 0.1) is 5.41 Å². The first-order chi connectivity index (χ1) is 18.8. The maximum atomic E-state index is 13.1. The lowest BCUT2D eigenvalue weighted by molar-refractivity contribution is 0.0160. The van der Waals surface area contributed by atoms with E-state index in [0.29, 0.717) is 69.7 Å². The second kappa shape index (κ2) is 11.9. The number of ketones is 1. The summed E-state index contributed by atoms with van der Waals surface area (Å²) in [5.41, 5.74) is 3.18. The van der Waals surface area contributed by atoms with E-state index in [9.17, 15) is 18.0 Å². The number of carbonyl (C=O) groups excluding carboxylic acids is 2. The zero-order chi connectivity index (χ0) is 27.5. The van der Waals surface area contributed by atoms with Gasteiger partial charge < -0.3 is 10.1 Å². The fourth-order valence-electron chi connectivity index (χ4n) is 6.50. The van der Waals surface area contributed by atoms with Gasteiger partial charge in [0, 0.05) is 43.9 Å². The highest BCUT2D eigenvalue weighted by atomic mass is 32.2. The number of carbonyl (C=O) groups is 2. The number of aryl methyl sites for hydroxylation is 2. The minimum atomic E-state index is -3.41. The number of hydrogen-bond donors (Lipinski definition) is 1. The molecular weight excluding hydrogens is 514 g/mol. The van der Waals surface area contributed by atoms with Gasteiger partial charge in [0.05, 0.1) is 15.8 Å². The van der Waals surface area contributed by atoms with E-state index in [1.807, 2.05) is 11.6 Å². The number of ether oxygens (including phenoxy) is 1. The molecule has 2 aliphatic heterocycles. The predicted molar refractivity (Wildman–Crippen MR) is 149 cm³/mol. The van der Waals surface area contributed by atoms with E-state index in [1.165, 1.54) is 0 Å². The number of amides is 1. The Labute approximate surface area is 231 Å². The zero-order valence-electron chi connectivity index (χ0n) is 23.0. The molecule has 212 valence electrons. The summed E-state index contributed by atoms with van der Waals surface area (Å²) in [7, 11) is -3.41. The fraction of sp³-hybridized carbons (Fsp3) is 0.633. The van der Waals surface area contributed by atoms with Crippen molar-refractivity contribution in [3.8, 4) is 0 Å². The summed E-state index contributed by atoms with van der Waals surface area (Å²) in [6.07, 6.45) is 9.57. The Hall–Kier alpha value is -2.52. The van der Waals surface area contributed by atoms with Crippen LogP contribution in [0.5, 0.6) is 0 Å². The SMILES string of the molecule is CCn1nc(CCCCC(=O)c2cccc(S(=O)(=O)C3CCCCC3)c2)c2c1C(=O)NCC1(CCOCC1)C2. The van der Waals surface area contributed by atoms with E-state index in [0.717, 1.165) is 56.2 Å². The number of unbranched alkanes of at least 4 members (excludes halogenated alkanes) is 1. The van der Waals surface area contributed by atoms with Gasteiger partial charge >= 0.3 is 0 Å². The molecule has 8 nitrogen and oxygen atoms in total. The Balaban J connectivity index is 1.23. The molecule has 1 spiro atoms. The van der Waals surface area contributed by atoms with Crippen molar-refractivity contribution in [2.45, 2.75) is 101 Å². The number of nitrogens with one attached hydrogen (secondary N) is 1. The first kappa shape index (κ1) is 28.0. The largest absolute Gasteiger partial charge is 0.381 e. The van der Waals surface area contributed by atoms with Gasteiger partial charge in [-0.05, 0) is 75.8 Å². The van der Waals surface area contributed by atoms with Crippen LogP contribution in [-0.4, -0.2) is 54.9 Å². The van der Waals surface area contributed by atoms with Crippen molar-refractivity contribution in [1.29, 1.82) is 0 Å². The molecule has 1 amide bonds. The smallest absolute Gasteiger partial charge is 0.269 e. The minimum Gasteiger partial charge on any atom is -0.381 e. The van der Waals surface area contributed by atoms with E-state index < -0.39 is 9.84 Å². The van der Waals surface area contributed by atoms with Crippen LogP contribution >= 0.6 is 0 Å². The summed E-state index contributed by atoms with van der Waals surface area (Å²) in [5, 5.41) is 7.62. The number of benzene rings is 1. The lowest BCUT2D eigenvalue weighted by Crippen LogP contribution is -2.40. The van der Waals surface area contributed by atoms with E-state index in [2.05, 4.69) is 5.32 Å². The summed E-state index contributed by atoms with van der Waals surface area (Å²) < 4.78 is 33.7. The average molecular weight is 556 g/mol. The molecule has 3 heterocycles. The molecule has 3 aliphatic rings. The van der Waals surface area contributed by atoms with Crippen LogP contribution in [0.3, 0.4) is 0 Å². The topological polar surface area (TPSA) is 107 Å². The van der Waals surface area contributed by atoms with Gasteiger partial charge in [0.25, 0.3) is 5.91 Å². The average Bonchev–Trinajstić information content (AvgIpc) is 3.24. The van der Waals surface area contributed by atoms with Crippen LogP contribution in [0.1, 0.15) is 103 Å². The second-order valence-corrected chi connectivity index (χ2v) is 13.8. The Morgan fingerprint density at radius 3 is 2.67 bits per heavy atom. The highest BCUT2D eigenvalue weighted by molar-refractivity contribution is 7.92. The third-order valence-corrected chi connectivity index (χ3v) is 11.2. The third kappa shape index (κ3) is 5.99. The first-order valence-corrected chi connectivity index (χ1v) is 16.2. The molecule has 9 heteroatoms. The van der Waals surface area contributed by atoms with Gasteiger partial charge in [-0.3, -0.25) is 14.3 Å². The summed E-state index contributed by atoms with van der Waals surface area (Å²) >= 11 is 0. The number of rotatable bonds is 9. The minimum absolute atomic E-state index is 0.00839. The van der Waals surface area contributed by atoms with E-state index >= 15 is 0 Å². The van der Waals surface area contributed by atoms with Gasteiger partial charge in [-0.25, -0.2) is 8.42 Å². The molecule has 1 aromatic carbocycles. The van der Waals surface area contributed by atoms with Gasteiger partial charge in [0.1, 0.15) is 5.69 Å². The maximum absolute atomic E-state index is 13.1. The standard InChI is InChI=1S/C30H41N3O5S/c1-2-33-28-25(20-30(21-31-29(28)35)15-17-38-18-16-30)26(32-33)13-6-7-14-27(34)22-9-8-12-24(19-22)39(36,37)23-10-4-3-5-11-23/h8-9,12,19,23H,2-7,10-11,13-18,20-21H2,1H3,(H,31,35). The van der Waals surface area contributed by atoms with Crippen molar-refractivity contribution in [2.24, 2.45) is 5.41 Å². The number of hydrogen-bond acceptors (Lipinski definition) is 6. The normalized spacial score (nSPS) is 19.9. The van der Waals surface area contributed by atoms with Crippen LogP contribution in [0.4, 0.5) is 0 Å². The van der Waals surface area contributed by atoms with Crippen molar-refractivity contribution >= 4 is 21.5 Å². The fourth-order valence-corrected chi connectivity index (χ4v) is 8.40. The molecule has 1 saturated heterocycles. The van der Waals surface area contributed by atoms with Gasteiger partial charge in [-0.2, -0.15) is 5.10 Å². The molecule has 0 radical (unpaired) electrons. The number of nitrogens with zero attached hydrogens (tertiary/aromatic N) is 2. The summed E-state index contributed by atoms with van der Waals surface area (Å²) in [6, 6.07) is 6.60. The second-order valence-electron chi connectivity index (χ2n) is 11.5. The Bertz CT molecular complexity index is 1300. The maximum Gasteiger partial charge on any atom is 0.269 e. The molecular formula is C30H41N3O5S. The number of sulfone groups is 1. The molecule has 2 fully saturated rings. The molecule has 1 saturated carbocycles. The molecule has 1 N–H and O–H groups in total. The Kier molecular flexibility index (Phi) is 8.57. The molecule has 5 rings (SSSR count). The quantitative estimate of drug-likeness (QED) is 0.355. The lowest BCUT2D eigenvalue weighted by Gasteiger charge is -2.36. The zero-order valence-corrected chi connectivity index (χ0v) is 23.9. The van der Waals surface area contributed by atoms with Gasteiger partial charge in [0.15, 0.2) is 15.6 Å². The predicted octanol–water partition coefficient (Wildman–Crippen LogP) is 4.69. The van der Waals surface area contributed by atoms with Crippen LogP contribution in [0.2, 0.25) is 0 Å². The van der Waals surface area contributed by atoms with Gasteiger partial charge in [-0.15, -0.1) is 0 Å². The third-order valence-electron chi connectivity index (χ3n) is 8.92. The molecule has 1 aromatic heterocycles. The molecule has 2 aromatic rings. The van der Waals surface area contributed by atoms with Gasteiger partial charge in [0.2, 0.25) is 0 Å². The number of aromatic nitrogens is 2. The van der Waals surface area contributed by atoms with Crippen LogP contribution in [0.25, 0.3) is 0 Å². The van der Waals surface area contributed by atoms with E-state index in [1.54, 1.807) is 24.3 Å². The van der Waals surface area contributed by atoms with Crippen molar-refractivity contribution in [1.82, 2.24) is 15.1 Å². The highest BCUT2D eigenvalue weighted by Gasteiger charge is 2.39. The highest BCUT2D eigenvalue weighted by Crippen LogP contribution is 2.38. The van der Waals surface area contributed by atoms with Crippen molar-refractivity contribution in [3.05, 3.63) is 46.8 Å². The van der Waals surface area contributed by atoms with E-state index in [4.69, 9.17) is 9.84 Å². The molecule has 1 aliphatic carbocycles. The van der Waals surface area contributed by atoms with Crippen LogP contribution in [0.15, 0.2) is 29.2 Å². The molecule has 0 atom stereocenters. The molecule has 0 bridgehead atoms. The number of fused-ring (bicyclic) bond motifs is 1. The Morgan fingerprint density at radius 1 is 1.15 bits per heavy atom. The molecule has 39 heavy (non-hydrogen) atoms. The summed E-state index contributed by atoms with van der Waals surface area (Å²) in [6.45, 7) is 4.73. The molecule has 0 unspecified atom stereocenters. The summed E-state index contributed by atoms with van der Waals surface area (Å²) in [5.74, 6) is -0.0821.